The first kappa shape index (κ1) is 25.1. The number of nitrogen functional groups attached to an aromatic ring is 1. The number of aromatic nitrogens is 4. The molecule has 35 heavy (non-hydrogen) atoms. The van der Waals surface area contributed by atoms with Crippen LogP contribution < -0.4 is 16.6 Å². The van der Waals surface area contributed by atoms with Crippen LogP contribution in [0.1, 0.15) is 19.0 Å². The maximum atomic E-state index is 12.5. The zero-order valence-corrected chi connectivity index (χ0v) is 18.8. The van der Waals surface area contributed by atoms with E-state index in [0.717, 1.165) is 0 Å². The smallest absolute Gasteiger partial charge is 0.338 e. The molecule has 1 amide bonds. The highest BCUT2D eigenvalue weighted by atomic mass is 16.4. The van der Waals surface area contributed by atoms with E-state index in [9.17, 15) is 24.3 Å². The van der Waals surface area contributed by atoms with Gasteiger partial charge in [-0.1, -0.05) is 37.0 Å². The summed E-state index contributed by atoms with van der Waals surface area (Å²) in [5.74, 6) is 1.04. The molecule has 13 heteroatoms. The summed E-state index contributed by atoms with van der Waals surface area (Å²) >= 11 is 0. The SMILES string of the molecule is CC1C=C(C(=O)NC(C#CCC(=O)O)C(=O)O)C=CC1N(C)Cc1cnc2nc(N)[nH]c(=O)c2n1. The third-order valence-corrected chi connectivity index (χ3v) is 5.13. The van der Waals surface area contributed by atoms with Crippen molar-refractivity contribution in [3.8, 4) is 11.8 Å². The number of nitrogens with one attached hydrogen (secondary N) is 2. The summed E-state index contributed by atoms with van der Waals surface area (Å²) in [5.41, 5.74) is 6.06. The van der Waals surface area contributed by atoms with Crippen LogP contribution in [0, 0.1) is 17.8 Å². The monoisotopic (exact) mass is 481 g/mol. The molecule has 3 rings (SSSR count). The average Bonchev–Trinajstić information content (AvgIpc) is 2.78. The van der Waals surface area contributed by atoms with Crippen LogP contribution in [0.25, 0.3) is 11.2 Å². The highest BCUT2D eigenvalue weighted by molar-refractivity contribution is 5.99. The fourth-order valence-corrected chi connectivity index (χ4v) is 3.53. The van der Waals surface area contributed by atoms with Gasteiger partial charge in [0, 0.05) is 18.2 Å². The maximum absolute atomic E-state index is 12.5. The zero-order valence-electron chi connectivity index (χ0n) is 18.8. The van der Waals surface area contributed by atoms with E-state index in [-0.39, 0.29) is 34.6 Å². The fraction of sp³-hybridized carbons (Fsp3) is 0.318. The van der Waals surface area contributed by atoms with Gasteiger partial charge in [0.25, 0.3) is 11.5 Å². The van der Waals surface area contributed by atoms with Crippen molar-refractivity contribution in [3.63, 3.8) is 0 Å². The van der Waals surface area contributed by atoms with Gasteiger partial charge in [-0.2, -0.15) is 4.98 Å². The topological polar surface area (TPSA) is 204 Å². The Hall–Kier alpha value is -4.57. The molecular formula is C22H23N7O6. The van der Waals surface area contributed by atoms with Crippen molar-refractivity contribution in [1.29, 1.82) is 0 Å². The Morgan fingerprint density at radius 3 is 2.71 bits per heavy atom. The Morgan fingerprint density at radius 1 is 1.31 bits per heavy atom. The molecule has 0 saturated heterocycles. The Kier molecular flexibility index (Phi) is 7.57. The number of likely N-dealkylation sites (N-methyl/N-ethyl adjacent to an activating group) is 1. The summed E-state index contributed by atoms with van der Waals surface area (Å²) in [6, 6.07) is -1.66. The standard InChI is InChI=1S/C22H23N7O6/c1-11-8-12(19(32)26-14(21(34)35)4-3-5-16(30)31)6-7-15(11)29(2)10-13-9-24-18-17(25-13)20(33)28-22(23)27-18/h6-9,11,14-15H,5,10H2,1-2H3,(H,26,32)(H,30,31)(H,34,35)(H3,23,24,27,28,33). The fourth-order valence-electron chi connectivity index (χ4n) is 3.53. The summed E-state index contributed by atoms with van der Waals surface area (Å²) in [7, 11) is 1.85. The Balaban J connectivity index is 1.67. The van der Waals surface area contributed by atoms with Crippen LogP contribution in [0.3, 0.4) is 0 Å². The first-order valence-electron chi connectivity index (χ1n) is 10.4. The van der Waals surface area contributed by atoms with E-state index in [1.807, 2.05) is 18.9 Å². The molecule has 2 aromatic rings. The number of carboxylic acid groups (broad SMARTS) is 2. The predicted octanol–water partition coefficient (Wildman–Crippen LogP) is -0.724. The lowest BCUT2D eigenvalue weighted by molar-refractivity contribution is -0.139. The number of rotatable bonds is 7. The number of anilines is 1. The Bertz CT molecular complexity index is 1350. The number of amides is 1. The number of nitrogens with zero attached hydrogens (tertiary/aromatic N) is 4. The lowest BCUT2D eigenvalue weighted by atomic mass is 9.91. The molecule has 3 unspecified atom stereocenters. The molecule has 1 aliphatic carbocycles. The summed E-state index contributed by atoms with van der Waals surface area (Å²) in [6.45, 7) is 2.24. The van der Waals surface area contributed by atoms with Crippen LogP contribution in [0.15, 0.2) is 34.8 Å². The van der Waals surface area contributed by atoms with Gasteiger partial charge in [-0.15, -0.1) is 0 Å². The number of carboxylic acids is 2. The minimum atomic E-state index is -1.54. The van der Waals surface area contributed by atoms with E-state index in [1.54, 1.807) is 18.2 Å². The number of aromatic amines is 1. The molecule has 13 nitrogen and oxygen atoms in total. The van der Waals surface area contributed by atoms with Crippen molar-refractivity contribution in [2.24, 2.45) is 5.92 Å². The lowest BCUT2D eigenvalue weighted by Crippen LogP contribution is -2.41. The van der Waals surface area contributed by atoms with Gasteiger partial charge in [-0.3, -0.25) is 24.3 Å². The third kappa shape index (κ3) is 6.27. The molecule has 2 aromatic heterocycles. The molecule has 0 spiro atoms. The molecule has 0 saturated carbocycles. The molecule has 6 N–H and O–H groups in total. The first-order chi connectivity index (χ1) is 16.5. The van der Waals surface area contributed by atoms with Gasteiger partial charge >= 0.3 is 11.9 Å². The van der Waals surface area contributed by atoms with Crippen molar-refractivity contribution in [1.82, 2.24) is 30.2 Å². The van der Waals surface area contributed by atoms with E-state index in [0.29, 0.717) is 12.2 Å². The van der Waals surface area contributed by atoms with Crippen molar-refractivity contribution in [3.05, 3.63) is 46.0 Å². The number of H-pyrrole nitrogens is 1. The van der Waals surface area contributed by atoms with Crippen LogP contribution in [0.2, 0.25) is 0 Å². The average molecular weight is 481 g/mol. The van der Waals surface area contributed by atoms with Gasteiger partial charge in [0.2, 0.25) is 5.95 Å². The molecule has 0 fully saturated rings. The number of carbonyl (C=O) groups excluding carboxylic acids is 1. The van der Waals surface area contributed by atoms with Crippen molar-refractivity contribution in [2.75, 3.05) is 12.8 Å². The second-order valence-corrected chi connectivity index (χ2v) is 7.87. The van der Waals surface area contributed by atoms with Gasteiger partial charge in [-0.05, 0) is 13.0 Å². The number of nitrogens with two attached hydrogens (primary N) is 1. The molecule has 1 aliphatic rings. The molecule has 0 bridgehead atoms. The Labute approximate surface area is 198 Å². The highest BCUT2D eigenvalue weighted by Crippen LogP contribution is 2.22. The number of hydrogen-bond acceptors (Lipinski definition) is 9. The van der Waals surface area contributed by atoms with E-state index < -0.39 is 35.9 Å². The lowest BCUT2D eigenvalue weighted by Gasteiger charge is -2.31. The molecular weight excluding hydrogens is 458 g/mol. The van der Waals surface area contributed by atoms with Crippen molar-refractivity contribution >= 4 is 35.0 Å². The molecule has 3 atom stereocenters. The van der Waals surface area contributed by atoms with Crippen molar-refractivity contribution < 1.29 is 24.6 Å². The van der Waals surface area contributed by atoms with Gasteiger partial charge in [0.15, 0.2) is 17.2 Å². The maximum Gasteiger partial charge on any atom is 0.338 e. The summed E-state index contributed by atoms with van der Waals surface area (Å²) < 4.78 is 0. The Morgan fingerprint density at radius 2 is 2.06 bits per heavy atom. The van der Waals surface area contributed by atoms with Crippen molar-refractivity contribution in [2.45, 2.75) is 32.0 Å². The molecule has 0 radical (unpaired) electrons. The van der Waals surface area contributed by atoms with Gasteiger partial charge in [-0.25, -0.2) is 14.8 Å². The molecule has 182 valence electrons. The number of carbonyl (C=O) groups is 3. The second-order valence-electron chi connectivity index (χ2n) is 7.87. The van der Waals surface area contributed by atoms with E-state index in [4.69, 9.17) is 10.8 Å². The quantitative estimate of drug-likeness (QED) is 0.312. The minimum Gasteiger partial charge on any atom is -0.481 e. The molecule has 0 aliphatic heterocycles. The number of aliphatic carboxylic acids is 2. The summed E-state index contributed by atoms with van der Waals surface area (Å²) in [6.07, 6.45) is 6.05. The predicted molar refractivity (Wildman–Crippen MR) is 124 cm³/mol. The molecule has 2 heterocycles. The van der Waals surface area contributed by atoms with Crippen LogP contribution in [0.4, 0.5) is 5.95 Å². The van der Waals surface area contributed by atoms with Gasteiger partial charge < -0.3 is 21.3 Å². The van der Waals surface area contributed by atoms with Crippen LogP contribution >= 0.6 is 0 Å². The summed E-state index contributed by atoms with van der Waals surface area (Å²) in [4.78, 5) is 63.3. The summed E-state index contributed by atoms with van der Waals surface area (Å²) in [5, 5.41) is 20.1. The van der Waals surface area contributed by atoms with Crippen LogP contribution in [-0.2, 0) is 20.9 Å². The van der Waals surface area contributed by atoms with E-state index >= 15 is 0 Å². The number of hydrogen-bond donors (Lipinski definition) is 5. The minimum absolute atomic E-state index is 0.0450. The van der Waals surface area contributed by atoms with Crippen LogP contribution in [-0.4, -0.2) is 72.0 Å². The van der Waals surface area contributed by atoms with Gasteiger partial charge in [0.1, 0.15) is 6.42 Å². The highest BCUT2D eigenvalue weighted by Gasteiger charge is 2.26. The largest absolute Gasteiger partial charge is 0.481 e. The van der Waals surface area contributed by atoms with Gasteiger partial charge in [0.05, 0.1) is 11.9 Å². The van der Waals surface area contributed by atoms with E-state index in [2.05, 4.69) is 37.1 Å². The van der Waals surface area contributed by atoms with E-state index in [1.165, 1.54) is 6.20 Å². The second kappa shape index (κ2) is 10.6. The van der Waals surface area contributed by atoms with Crippen LogP contribution in [0.5, 0.6) is 0 Å². The normalized spacial score (nSPS) is 17.9. The first-order valence-corrected chi connectivity index (χ1v) is 10.4. The third-order valence-electron chi connectivity index (χ3n) is 5.13. The molecule has 0 aromatic carbocycles. The zero-order chi connectivity index (χ0) is 25.7. The number of fused-ring (bicyclic) bond motifs is 1.